The summed E-state index contributed by atoms with van der Waals surface area (Å²) in [4.78, 5) is 22.5. The third kappa shape index (κ3) is 4.79. The number of aromatic hydroxyl groups is 1. The van der Waals surface area contributed by atoms with E-state index in [1.807, 2.05) is 21.1 Å². The Morgan fingerprint density at radius 3 is 2.59 bits per heavy atom. The Balaban J connectivity index is 1.72. The van der Waals surface area contributed by atoms with Crippen LogP contribution in [0.4, 0.5) is 5.69 Å². The summed E-state index contributed by atoms with van der Waals surface area (Å²) < 4.78 is 26.8. The number of benzene rings is 1. The topological polar surface area (TPSA) is 126 Å². The Hall–Kier alpha value is -2.96. The summed E-state index contributed by atoms with van der Waals surface area (Å²) >= 11 is 0. The van der Waals surface area contributed by atoms with Crippen LogP contribution in [0.1, 0.15) is 12.0 Å². The summed E-state index contributed by atoms with van der Waals surface area (Å²) in [7, 11) is 2.55. The zero-order valence-corrected chi connectivity index (χ0v) is 20.3. The first-order valence-electron chi connectivity index (χ1n) is 11.0. The van der Waals surface area contributed by atoms with Crippen molar-refractivity contribution in [3.63, 3.8) is 0 Å². The molecule has 1 aliphatic heterocycles. The van der Waals surface area contributed by atoms with E-state index in [0.29, 0.717) is 29.7 Å². The second-order valence-corrected chi connectivity index (χ2v) is 10.3. The van der Waals surface area contributed by atoms with Crippen LogP contribution >= 0.6 is 10.8 Å². The SMILES string of the molecule is CN(C)CCN(C)CCCn1c(=O)c(C2=NS(O)(O)c3ccccc3N2)c(O)c2cccnc21. The van der Waals surface area contributed by atoms with Crippen LogP contribution in [0.2, 0.25) is 0 Å². The van der Waals surface area contributed by atoms with Gasteiger partial charge >= 0.3 is 0 Å². The molecule has 2 aromatic heterocycles. The summed E-state index contributed by atoms with van der Waals surface area (Å²) in [6.45, 7) is 2.99. The first-order chi connectivity index (χ1) is 16.2. The molecular formula is C23H30N6O4S. The molecule has 0 bridgehead atoms. The molecule has 0 fully saturated rings. The fraction of sp³-hybridized carbons (Fsp3) is 0.348. The molecule has 0 atom stereocenters. The molecule has 34 heavy (non-hydrogen) atoms. The molecule has 1 aromatic carbocycles. The number of amidine groups is 1. The molecule has 0 radical (unpaired) electrons. The van der Waals surface area contributed by atoms with Crippen LogP contribution in [0.25, 0.3) is 11.0 Å². The molecule has 10 nitrogen and oxygen atoms in total. The van der Waals surface area contributed by atoms with E-state index in [1.165, 1.54) is 4.57 Å². The molecule has 0 unspecified atom stereocenters. The Bertz CT molecular complexity index is 1290. The fourth-order valence-electron chi connectivity index (χ4n) is 3.91. The third-order valence-corrected chi connectivity index (χ3v) is 7.12. The summed E-state index contributed by atoms with van der Waals surface area (Å²) in [5.74, 6) is -0.378. The molecule has 182 valence electrons. The molecule has 3 aromatic rings. The predicted octanol–water partition coefficient (Wildman–Crippen LogP) is 2.88. The molecule has 0 spiro atoms. The number of anilines is 1. The highest BCUT2D eigenvalue weighted by molar-refractivity contribution is 8.23. The predicted molar refractivity (Wildman–Crippen MR) is 136 cm³/mol. The molecule has 1 aliphatic rings. The van der Waals surface area contributed by atoms with E-state index < -0.39 is 16.3 Å². The minimum absolute atomic E-state index is 0.0798. The number of aryl methyl sites for hydroxylation is 1. The maximum Gasteiger partial charge on any atom is 0.267 e. The van der Waals surface area contributed by atoms with Gasteiger partial charge < -0.3 is 20.2 Å². The van der Waals surface area contributed by atoms with Gasteiger partial charge in [0.1, 0.15) is 21.9 Å². The van der Waals surface area contributed by atoms with Gasteiger partial charge in [-0.1, -0.05) is 22.9 Å². The Kier molecular flexibility index (Phi) is 6.91. The monoisotopic (exact) mass is 486 g/mol. The zero-order valence-electron chi connectivity index (χ0n) is 19.5. The van der Waals surface area contributed by atoms with E-state index in [9.17, 15) is 19.0 Å². The van der Waals surface area contributed by atoms with Crippen molar-refractivity contribution >= 4 is 33.3 Å². The lowest BCUT2D eigenvalue weighted by Crippen LogP contribution is -2.34. The van der Waals surface area contributed by atoms with Gasteiger partial charge in [0.15, 0.2) is 5.84 Å². The van der Waals surface area contributed by atoms with Crippen molar-refractivity contribution in [3.8, 4) is 5.75 Å². The minimum Gasteiger partial charge on any atom is -0.506 e. The fourth-order valence-corrected chi connectivity index (χ4v) is 5.07. The van der Waals surface area contributed by atoms with Crippen LogP contribution in [-0.2, 0) is 6.54 Å². The number of pyridine rings is 2. The van der Waals surface area contributed by atoms with Crippen molar-refractivity contribution in [1.29, 1.82) is 0 Å². The van der Waals surface area contributed by atoms with E-state index >= 15 is 0 Å². The maximum absolute atomic E-state index is 13.6. The van der Waals surface area contributed by atoms with Crippen LogP contribution in [0.3, 0.4) is 0 Å². The summed E-state index contributed by atoms with van der Waals surface area (Å²) in [5.41, 5.74) is 0.177. The first kappa shape index (κ1) is 24.2. The van der Waals surface area contributed by atoms with Gasteiger partial charge in [0.05, 0.1) is 11.1 Å². The average Bonchev–Trinajstić information content (AvgIpc) is 2.79. The largest absolute Gasteiger partial charge is 0.506 e. The minimum atomic E-state index is -3.54. The molecule has 4 rings (SSSR count). The standard InChI is InChI=1S/C23H30N6O4S/c1-27(2)14-15-28(3)12-7-13-29-22-16(8-6-11-24-22)20(30)19(23(29)31)21-25-17-9-4-5-10-18(17)34(32,33)26-21/h4-6,8-11,30,32-33H,7,12-15H2,1-3H3,(H,25,26). The van der Waals surface area contributed by atoms with Gasteiger partial charge in [-0.25, -0.2) is 4.98 Å². The number of hydrogen-bond donors (Lipinski definition) is 4. The molecular weight excluding hydrogens is 456 g/mol. The molecule has 0 aliphatic carbocycles. The van der Waals surface area contributed by atoms with Crippen molar-refractivity contribution < 1.29 is 14.2 Å². The number of nitrogens with one attached hydrogen (secondary N) is 1. The number of fused-ring (bicyclic) bond motifs is 2. The highest BCUT2D eigenvalue weighted by Crippen LogP contribution is 2.55. The number of hydrogen-bond acceptors (Lipinski definition) is 9. The van der Waals surface area contributed by atoms with E-state index in [1.54, 1.807) is 42.6 Å². The summed E-state index contributed by atoms with van der Waals surface area (Å²) in [5, 5.41) is 14.4. The third-order valence-electron chi connectivity index (χ3n) is 5.73. The Morgan fingerprint density at radius 1 is 1.06 bits per heavy atom. The second kappa shape index (κ2) is 9.72. The Labute approximate surface area is 199 Å². The lowest BCUT2D eigenvalue weighted by atomic mass is 10.1. The van der Waals surface area contributed by atoms with Gasteiger partial charge in [0.2, 0.25) is 0 Å². The van der Waals surface area contributed by atoms with Gasteiger partial charge in [-0.05, 0) is 58.4 Å². The van der Waals surface area contributed by atoms with Gasteiger partial charge in [-0.15, -0.1) is 4.40 Å². The van der Waals surface area contributed by atoms with Crippen molar-refractivity contribution in [3.05, 3.63) is 58.5 Å². The highest BCUT2D eigenvalue weighted by atomic mass is 32.3. The molecule has 4 N–H and O–H groups in total. The Morgan fingerprint density at radius 2 is 1.82 bits per heavy atom. The van der Waals surface area contributed by atoms with Gasteiger partial charge in [-0.2, -0.15) is 0 Å². The second-order valence-electron chi connectivity index (χ2n) is 8.59. The van der Waals surface area contributed by atoms with Crippen molar-refractivity contribution in [2.75, 3.05) is 46.1 Å². The van der Waals surface area contributed by atoms with Crippen molar-refractivity contribution in [2.24, 2.45) is 4.40 Å². The van der Waals surface area contributed by atoms with E-state index in [-0.39, 0.29) is 22.0 Å². The smallest absolute Gasteiger partial charge is 0.267 e. The van der Waals surface area contributed by atoms with E-state index in [0.717, 1.165) is 19.6 Å². The number of para-hydroxylation sites is 1. The van der Waals surface area contributed by atoms with E-state index in [2.05, 4.69) is 24.5 Å². The number of aromatic nitrogens is 2. The van der Waals surface area contributed by atoms with Crippen molar-refractivity contribution in [2.45, 2.75) is 17.9 Å². The van der Waals surface area contributed by atoms with Crippen LogP contribution in [0.5, 0.6) is 5.75 Å². The normalized spacial score (nSPS) is 15.8. The van der Waals surface area contributed by atoms with Crippen molar-refractivity contribution in [1.82, 2.24) is 19.4 Å². The van der Waals surface area contributed by atoms with Gasteiger partial charge in [0, 0.05) is 25.8 Å². The maximum atomic E-state index is 13.6. The zero-order chi connectivity index (χ0) is 24.5. The van der Waals surface area contributed by atoms with Crippen LogP contribution in [-0.4, -0.2) is 80.2 Å². The van der Waals surface area contributed by atoms with E-state index in [4.69, 9.17) is 0 Å². The highest BCUT2D eigenvalue weighted by Gasteiger charge is 2.30. The number of rotatable bonds is 8. The molecule has 0 saturated heterocycles. The van der Waals surface area contributed by atoms with Crippen LogP contribution in [0.15, 0.2) is 56.7 Å². The lowest BCUT2D eigenvalue weighted by Gasteiger charge is -2.34. The summed E-state index contributed by atoms with van der Waals surface area (Å²) in [6, 6.07) is 9.99. The average molecular weight is 487 g/mol. The van der Waals surface area contributed by atoms with Gasteiger partial charge in [0.25, 0.3) is 5.56 Å². The molecule has 11 heteroatoms. The number of likely N-dealkylation sites (N-methyl/N-ethyl adjacent to an activating group) is 2. The molecule has 3 heterocycles. The van der Waals surface area contributed by atoms with Crippen LogP contribution < -0.4 is 10.9 Å². The lowest BCUT2D eigenvalue weighted by molar-refractivity contribution is 0.275. The molecule has 0 amide bonds. The summed E-state index contributed by atoms with van der Waals surface area (Å²) in [6.07, 6.45) is 2.27. The molecule has 0 saturated carbocycles. The van der Waals surface area contributed by atoms with Gasteiger partial charge in [-0.3, -0.25) is 18.5 Å². The quantitative estimate of drug-likeness (QED) is 0.383. The first-order valence-corrected chi connectivity index (χ1v) is 12.5. The van der Waals surface area contributed by atoms with Crippen LogP contribution in [0, 0.1) is 0 Å². The number of nitrogens with zero attached hydrogens (tertiary/aromatic N) is 5.